The predicted octanol–water partition coefficient (Wildman–Crippen LogP) is 1.72. The van der Waals surface area contributed by atoms with Gasteiger partial charge in [0.25, 0.3) is 0 Å². The average Bonchev–Trinajstić information content (AvgIpc) is 2.76. The van der Waals surface area contributed by atoms with Gasteiger partial charge in [0.15, 0.2) is 0 Å². The lowest BCUT2D eigenvalue weighted by molar-refractivity contribution is 0.239. The standard InChI is InChI=1S/C20H26N8O/c1-2-24-19-18(12-16(13-21)14-25-19)28(11-10-27-8-6-22-7-9-27)20(29)26-17-4-3-5-23-15-17/h3-5,12,14-15,22H,2,6-11H2,1H3,(H,24,25)(H,26,29). The van der Waals surface area contributed by atoms with Crippen molar-refractivity contribution in [3.8, 4) is 6.07 Å². The van der Waals surface area contributed by atoms with Crippen LogP contribution in [0, 0.1) is 11.3 Å². The van der Waals surface area contributed by atoms with Crippen LogP contribution in [0.15, 0.2) is 36.8 Å². The maximum absolute atomic E-state index is 13.2. The molecule has 3 N–H and O–H groups in total. The van der Waals surface area contributed by atoms with Crippen molar-refractivity contribution >= 4 is 23.2 Å². The van der Waals surface area contributed by atoms with Crippen LogP contribution in [-0.2, 0) is 0 Å². The molecule has 9 nitrogen and oxygen atoms in total. The summed E-state index contributed by atoms with van der Waals surface area (Å²) in [6.45, 7) is 7.58. The van der Waals surface area contributed by atoms with Gasteiger partial charge in [-0.2, -0.15) is 5.26 Å². The molecule has 0 unspecified atom stereocenters. The summed E-state index contributed by atoms with van der Waals surface area (Å²) in [4.78, 5) is 25.5. The Hall–Kier alpha value is -3.22. The fraction of sp³-hybridized carbons (Fsp3) is 0.400. The third-order valence-corrected chi connectivity index (χ3v) is 4.64. The van der Waals surface area contributed by atoms with Crippen LogP contribution in [0.2, 0.25) is 0 Å². The van der Waals surface area contributed by atoms with Crippen LogP contribution < -0.4 is 20.9 Å². The quantitative estimate of drug-likeness (QED) is 0.656. The normalized spacial score (nSPS) is 14.1. The minimum absolute atomic E-state index is 0.288. The summed E-state index contributed by atoms with van der Waals surface area (Å²) in [5.74, 6) is 0.577. The van der Waals surface area contributed by atoms with E-state index < -0.39 is 0 Å². The van der Waals surface area contributed by atoms with E-state index in [-0.39, 0.29) is 6.03 Å². The average molecular weight is 394 g/mol. The lowest BCUT2D eigenvalue weighted by Gasteiger charge is -2.31. The van der Waals surface area contributed by atoms with Crippen molar-refractivity contribution < 1.29 is 4.79 Å². The zero-order valence-corrected chi connectivity index (χ0v) is 16.6. The Labute approximate surface area is 170 Å². The van der Waals surface area contributed by atoms with Crippen LogP contribution in [0.3, 0.4) is 0 Å². The first-order valence-corrected chi connectivity index (χ1v) is 9.77. The molecule has 152 valence electrons. The van der Waals surface area contributed by atoms with E-state index in [1.54, 1.807) is 35.5 Å². The first kappa shape index (κ1) is 20.5. The number of rotatable bonds is 7. The summed E-state index contributed by atoms with van der Waals surface area (Å²) in [7, 11) is 0. The molecule has 0 aromatic carbocycles. The molecule has 2 aromatic rings. The summed E-state index contributed by atoms with van der Waals surface area (Å²) >= 11 is 0. The molecule has 1 fully saturated rings. The Morgan fingerprint density at radius 1 is 1.38 bits per heavy atom. The third kappa shape index (κ3) is 5.63. The monoisotopic (exact) mass is 394 g/mol. The van der Waals surface area contributed by atoms with E-state index >= 15 is 0 Å². The molecular weight excluding hydrogens is 368 g/mol. The number of carbonyl (C=O) groups excluding carboxylic acids is 1. The minimum Gasteiger partial charge on any atom is -0.369 e. The van der Waals surface area contributed by atoms with Crippen molar-refractivity contribution in [1.29, 1.82) is 5.26 Å². The molecule has 3 heterocycles. The molecule has 1 aliphatic heterocycles. The summed E-state index contributed by atoms with van der Waals surface area (Å²) in [5, 5.41) is 18.7. The van der Waals surface area contributed by atoms with Gasteiger partial charge in [-0.05, 0) is 25.1 Å². The predicted molar refractivity (Wildman–Crippen MR) is 113 cm³/mol. The van der Waals surface area contributed by atoms with Gasteiger partial charge in [0.1, 0.15) is 11.9 Å². The van der Waals surface area contributed by atoms with E-state index in [0.29, 0.717) is 35.8 Å². The molecule has 29 heavy (non-hydrogen) atoms. The Morgan fingerprint density at radius 3 is 2.90 bits per heavy atom. The number of aromatic nitrogens is 2. The van der Waals surface area contributed by atoms with Gasteiger partial charge in [-0.25, -0.2) is 9.78 Å². The number of amides is 2. The maximum Gasteiger partial charge on any atom is 0.326 e. The van der Waals surface area contributed by atoms with Crippen molar-refractivity contribution in [1.82, 2.24) is 20.2 Å². The summed E-state index contributed by atoms with van der Waals surface area (Å²) < 4.78 is 0. The number of nitriles is 1. The van der Waals surface area contributed by atoms with Crippen molar-refractivity contribution in [2.45, 2.75) is 6.92 Å². The summed E-state index contributed by atoms with van der Waals surface area (Å²) in [6, 6.07) is 7.07. The molecule has 3 rings (SSSR count). The Morgan fingerprint density at radius 2 is 2.21 bits per heavy atom. The highest BCUT2D eigenvalue weighted by Crippen LogP contribution is 2.26. The van der Waals surface area contributed by atoms with Crippen LogP contribution in [-0.4, -0.2) is 66.7 Å². The molecule has 2 amide bonds. The number of anilines is 3. The molecule has 0 bridgehead atoms. The van der Waals surface area contributed by atoms with Crippen LogP contribution in [0.5, 0.6) is 0 Å². The third-order valence-electron chi connectivity index (χ3n) is 4.64. The van der Waals surface area contributed by atoms with Crippen LogP contribution in [0.25, 0.3) is 0 Å². The fourth-order valence-electron chi connectivity index (χ4n) is 3.16. The first-order chi connectivity index (χ1) is 14.2. The largest absolute Gasteiger partial charge is 0.369 e. The van der Waals surface area contributed by atoms with Crippen molar-refractivity contribution in [2.75, 3.05) is 61.3 Å². The number of piperazine rings is 1. The molecular formula is C20H26N8O. The van der Waals surface area contributed by atoms with Gasteiger partial charge in [0.2, 0.25) is 0 Å². The van der Waals surface area contributed by atoms with Crippen LogP contribution >= 0.6 is 0 Å². The van der Waals surface area contributed by atoms with Crippen LogP contribution in [0.4, 0.5) is 22.0 Å². The maximum atomic E-state index is 13.2. The van der Waals surface area contributed by atoms with Gasteiger partial charge in [0, 0.05) is 58.2 Å². The summed E-state index contributed by atoms with van der Waals surface area (Å²) in [5.41, 5.74) is 1.60. The number of pyridine rings is 2. The number of nitrogens with one attached hydrogen (secondary N) is 3. The Balaban J connectivity index is 1.86. The molecule has 9 heteroatoms. The Bertz CT molecular complexity index is 845. The first-order valence-electron chi connectivity index (χ1n) is 9.77. The second-order valence-corrected chi connectivity index (χ2v) is 6.65. The molecule has 0 radical (unpaired) electrons. The topological polar surface area (TPSA) is 109 Å². The van der Waals surface area contributed by atoms with Crippen molar-refractivity contribution in [3.63, 3.8) is 0 Å². The van der Waals surface area contributed by atoms with Gasteiger partial charge < -0.3 is 16.0 Å². The lowest BCUT2D eigenvalue weighted by atomic mass is 10.2. The molecule has 0 atom stereocenters. The van der Waals surface area contributed by atoms with Gasteiger partial charge in [-0.1, -0.05) is 0 Å². The molecule has 0 saturated carbocycles. The molecule has 0 aliphatic carbocycles. The highest BCUT2D eigenvalue weighted by molar-refractivity contribution is 6.03. The van der Waals surface area contributed by atoms with Gasteiger partial charge in [0.05, 0.1) is 23.1 Å². The lowest BCUT2D eigenvalue weighted by Crippen LogP contribution is -2.48. The number of nitrogens with zero attached hydrogens (tertiary/aromatic N) is 5. The second-order valence-electron chi connectivity index (χ2n) is 6.65. The van der Waals surface area contributed by atoms with E-state index in [4.69, 9.17) is 0 Å². The van der Waals surface area contributed by atoms with Gasteiger partial charge >= 0.3 is 6.03 Å². The van der Waals surface area contributed by atoms with Crippen molar-refractivity contribution in [3.05, 3.63) is 42.4 Å². The molecule has 2 aromatic heterocycles. The highest BCUT2D eigenvalue weighted by Gasteiger charge is 2.22. The summed E-state index contributed by atoms with van der Waals surface area (Å²) in [6.07, 6.45) is 4.76. The highest BCUT2D eigenvalue weighted by atomic mass is 16.2. The van der Waals surface area contributed by atoms with E-state index in [1.807, 2.05) is 6.92 Å². The minimum atomic E-state index is -0.288. The van der Waals surface area contributed by atoms with E-state index in [0.717, 1.165) is 32.7 Å². The number of carbonyl (C=O) groups is 1. The Kier molecular flexibility index (Phi) is 7.33. The van der Waals surface area contributed by atoms with E-state index in [9.17, 15) is 10.1 Å². The smallest absolute Gasteiger partial charge is 0.326 e. The van der Waals surface area contributed by atoms with Crippen molar-refractivity contribution in [2.24, 2.45) is 0 Å². The van der Waals surface area contributed by atoms with Crippen LogP contribution in [0.1, 0.15) is 12.5 Å². The number of hydrogen-bond acceptors (Lipinski definition) is 7. The van der Waals surface area contributed by atoms with Gasteiger partial charge in [-0.15, -0.1) is 0 Å². The zero-order chi connectivity index (χ0) is 20.5. The second kappa shape index (κ2) is 10.4. The molecule has 1 aliphatic rings. The SMILES string of the molecule is CCNc1ncc(C#N)cc1N(CCN1CCNCC1)C(=O)Nc1cccnc1. The molecule has 1 saturated heterocycles. The zero-order valence-electron chi connectivity index (χ0n) is 16.6. The number of urea groups is 1. The van der Waals surface area contributed by atoms with E-state index in [2.05, 4.69) is 36.9 Å². The van der Waals surface area contributed by atoms with E-state index in [1.165, 1.54) is 6.20 Å². The fourth-order valence-corrected chi connectivity index (χ4v) is 3.16. The van der Waals surface area contributed by atoms with Gasteiger partial charge in [-0.3, -0.25) is 14.8 Å². The number of hydrogen-bond donors (Lipinski definition) is 3. The molecule has 0 spiro atoms.